The number of aliphatic imine (C=N–C) groups is 1. The standard InChI is InChI=1S/C28H36N6O3/c1-3-34(2)21-14-8-7-13-20(17-18-21)26(35)32-33-28(37)31-25-27(36)29-23-16-10-9-15-22(23)24(30-25)19-11-5-4-6-12-19/h4-6,9-12,15-16,20-21,25H,3,7-8,13-14,17-18H2,1-2H3,(H,29,36)(H,32,35)(H2,31,33,37)/t20?,21?,25-/m1/s1. The van der Waals surface area contributed by atoms with E-state index in [1.54, 1.807) is 6.07 Å². The predicted octanol–water partition coefficient (Wildman–Crippen LogP) is 3.42. The van der Waals surface area contributed by atoms with E-state index in [1.165, 1.54) is 0 Å². The zero-order valence-electron chi connectivity index (χ0n) is 21.5. The summed E-state index contributed by atoms with van der Waals surface area (Å²) >= 11 is 0. The highest BCUT2D eigenvalue weighted by Gasteiger charge is 2.28. The number of para-hydroxylation sites is 1. The van der Waals surface area contributed by atoms with Gasteiger partial charge in [0, 0.05) is 23.1 Å². The van der Waals surface area contributed by atoms with Gasteiger partial charge >= 0.3 is 6.03 Å². The van der Waals surface area contributed by atoms with Gasteiger partial charge in [0.05, 0.1) is 11.4 Å². The summed E-state index contributed by atoms with van der Waals surface area (Å²) in [6.45, 7) is 3.13. The normalized spacial score (nSPS) is 21.9. The van der Waals surface area contributed by atoms with Crippen molar-refractivity contribution < 1.29 is 14.4 Å². The molecule has 1 heterocycles. The molecule has 4 amide bonds. The molecule has 2 aliphatic rings. The Balaban J connectivity index is 1.39. The van der Waals surface area contributed by atoms with E-state index < -0.39 is 18.1 Å². The lowest BCUT2D eigenvalue weighted by Crippen LogP contribution is -2.53. The molecule has 0 saturated heterocycles. The minimum atomic E-state index is -1.17. The molecule has 9 nitrogen and oxygen atoms in total. The molecule has 3 atom stereocenters. The summed E-state index contributed by atoms with van der Waals surface area (Å²) in [7, 11) is 2.13. The molecule has 37 heavy (non-hydrogen) atoms. The Morgan fingerprint density at radius 1 is 0.973 bits per heavy atom. The Morgan fingerprint density at radius 3 is 2.49 bits per heavy atom. The quantitative estimate of drug-likeness (QED) is 0.467. The second-order valence-electron chi connectivity index (χ2n) is 9.65. The molecular formula is C28H36N6O3. The Kier molecular flexibility index (Phi) is 8.90. The maximum atomic E-state index is 12.9. The highest BCUT2D eigenvalue weighted by atomic mass is 16.2. The first-order chi connectivity index (χ1) is 18.0. The first kappa shape index (κ1) is 26.3. The fourth-order valence-corrected chi connectivity index (χ4v) is 4.98. The van der Waals surface area contributed by atoms with Crippen LogP contribution in [-0.2, 0) is 9.59 Å². The monoisotopic (exact) mass is 504 g/mol. The molecule has 0 bridgehead atoms. The van der Waals surface area contributed by atoms with Crippen LogP contribution in [-0.4, -0.2) is 54.3 Å². The molecule has 4 rings (SSSR count). The minimum Gasteiger partial charge on any atom is -0.322 e. The highest BCUT2D eigenvalue weighted by molar-refractivity contribution is 6.19. The van der Waals surface area contributed by atoms with Crippen LogP contribution >= 0.6 is 0 Å². The first-order valence-corrected chi connectivity index (χ1v) is 13.1. The summed E-state index contributed by atoms with van der Waals surface area (Å²) in [6.07, 6.45) is 4.58. The molecule has 2 unspecified atom stereocenters. The molecule has 0 radical (unpaired) electrons. The number of anilines is 1. The summed E-state index contributed by atoms with van der Waals surface area (Å²) in [6, 6.07) is 16.6. The Morgan fingerprint density at radius 2 is 1.70 bits per heavy atom. The van der Waals surface area contributed by atoms with Crippen molar-refractivity contribution >= 4 is 29.2 Å². The van der Waals surface area contributed by atoms with Crippen molar-refractivity contribution in [1.82, 2.24) is 21.1 Å². The van der Waals surface area contributed by atoms with Gasteiger partial charge in [0.25, 0.3) is 5.91 Å². The van der Waals surface area contributed by atoms with Crippen molar-refractivity contribution in [3.63, 3.8) is 0 Å². The largest absolute Gasteiger partial charge is 0.335 e. The van der Waals surface area contributed by atoms with E-state index in [9.17, 15) is 14.4 Å². The number of rotatable bonds is 5. The maximum Gasteiger partial charge on any atom is 0.335 e. The molecule has 2 aromatic carbocycles. The van der Waals surface area contributed by atoms with Gasteiger partial charge in [-0.1, -0.05) is 68.3 Å². The molecule has 1 fully saturated rings. The van der Waals surface area contributed by atoms with E-state index in [0.29, 0.717) is 17.4 Å². The topological polar surface area (TPSA) is 115 Å². The zero-order chi connectivity index (χ0) is 26.2. The average molecular weight is 505 g/mol. The first-order valence-electron chi connectivity index (χ1n) is 13.1. The maximum absolute atomic E-state index is 12.9. The third-order valence-electron chi connectivity index (χ3n) is 7.24. The van der Waals surface area contributed by atoms with Crippen LogP contribution in [0.1, 0.15) is 56.6 Å². The van der Waals surface area contributed by atoms with Crippen molar-refractivity contribution in [1.29, 1.82) is 0 Å². The Hall–Kier alpha value is -3.72. The molecule has 1 aliphatic heterocycles. The number of hydrogen-bond donors (Lipinski definition) is 4. The Bertz CT molecular complexity index is 1140. The molecule has 1 aliphatic carbocycles. The van der Waals surface area contributed by atoms with E-state index in [4.69, 9.17) is 0 Å². The van der Waals surface area contributed by atoms with Crippen LogP contribution in [0.25, 0.3) is 0 Å². The third-order valence-corrected chi connectivity index (χ3v) is 7.24. The van der Waals surface area contributed by atoms with Crippen molar-refractivity contribution in [3.8, 4) is 0 Å². The van der Waals surface area contributed by atoms with E-state index in [-0.39, 0.29) is 11.8 Å². The second kappa shape index (κ2) is 12.5. The van der Waals surface area contributed by atoms with Crippen LogP contribution in [0.4, 0.5) is 10.5 Å². The predicted molar refractivity (Wildman–Crippen MR) is 144 cm³/mol. The fourth-order valence-electron chi connectivity index (χ4n) is 4.98. The molecule has 1 saturated carbocycles. The molecule has 9 heteroatoms. The van der Waals surface area contributed by atoms with Crippen LogP contribution in [0.5, 0.6) is 0 Å². The van der Waals surface area contributed by atoms with E-state index in [2.05, 4.69) is 45.3 Å². The van der Waals surface area contributed by atoms with Crippen molar-refractivity contribution in [2.24, 2.45) is 10.9 Å². The van der Waals surface area contributed by atoms with Crippen molar-refractivity contribution in [2.75, 3.05) is 18.9 Å². The number of nitrogens with zero attached hydrogens (tertiary/aromatic N) is 2. The number of nitrogens with one attached hydrogen (secondary N) is 4. The Labute approximate surface area is 218 Å². The molecule has 196 valence electrons. The zero-order valence-corrected chi connectivity index (χ0v) is 21.5. The van der Waals surface area contributed by atoms with Crippen LogP contribution in [0.15, 0.2) is 59.6 Å². The molecule has 0 aromatic heterocycles. The van der Waals surface area contributed by atoms with Crippen LogP contribution in [0.3, 0.4) is 0 Å². The number of carbonyl (C=O) groups excluding carboxylic acids is 3. The summed E-state index contributed by atoms with van der Waals surface area (Å²) in [5.74, 6) is -0.834. The molecule has 0 spiro atoms. The van der Waals surface area contributed by atoms with Gasteiger partial charge in [-0.3, -0.25) is 15.0 Å². The molecule has 4 N–H and O–H groups in total. The van der Waals surface area contributed by atoms with Gasteiger partial charge in [0.2, 0.25) is 12.1 Å². The highest BCUT2D eigenvalue weighted by Crippen LogP contribution is 2.25. The van der Waals surface area contributed by atoms with Crippen LogP contribution in [0, 0.1) is 5.92 Å². The number of hydrazine groups is 1. The van der Waals surface area contributed by atoms with Gasteiger partial charge in [-0.15, -0.1) is 0 Å². The van der Waals surface area contributed by atoms with Crippen LogP contribution < -0.4 is 21.5 Å². The number of benzene rings is 2. The summed E-state index contributed by atoms with van der Waals surface area (Å²) in [5.41, 5.74) is 7.75. The van der Waals surface area contributed by atoms with Gasteiger partial charge in [0.15, 0.2) is 0 Å². The van der Waals surface area contributed by atoms with Gasteiger partial charge in [0.1, 0.15) is 0 Å². The summed E-state index contributed by atoms with van der Waals surface area (Å²) in [4.78, 5) is 45.4. The van der Waals surface area contributed by atoms with E-state index in [0.717, 1.165) is 56.2 Å². The number of hydrogen-bond acceptors (Lipinski definition) is 5. The van der Waals surface area contributed by atoms with E-state index >= 15 is 0 Å². The SMILES string of the molecule is CCN(C)C1CCCCC(C(=O)NNC(=O)N[C@H]2N=C(c3ccccc3)c3ccccc3NC2=O)CC1. The smallest absolute Gasteiger partial charge is 0.322 e. The lowest BCUT2D eigenvalue weighted by molar-refractivity contribution is -0.126. The lowest BCUT2D eigenvalue weighted by Gasteiger charge is -2.30. The molecule has 2 aromatic rings. The van der Waals surface area contributed by atoms with Crippen molar-refractivity contribution in [2.45, 2.75) is 57.7 Å². The number of amides is 4. The average Bonchev–Trinajstić information content (AvgIpc) is 3.03. The van der Waals surface area contributed by atoms with Crippen LogP contribution in [0.2, 0.25) is 0 Å². The summed E-state index contributed by atoms with van der Waals surface area (Å²) < 4.78 is 0. The summed E-state index contributed by atoms with van der Waals surface area (Å²) in [5, 5.41) is 5.42. The fraction of sp³-hybridized carbons (Fsp3) is 0.429. The van der Waals surface area contributed by atoms with Gasteiger partial charge < -0.3 is 15.5 Å². The lowest BCUT2D eigenvalue weighted by atomic mass is 9.88. The number of fused-ring (bicyclic) bond motifs is 1. The number of benzodiazepines with no additional fused rings is 1. The number of carbonyl (C=O) groups is 3. The van der Waals surface area contributed by atoms with Gasteiger partial charge in [-0.25, -0.2) is 15.2 Å². The second-order valence-corrected chi connectivity index (χ2v) is 9.65. The number of urea groups is 1. The van der Waals surface area contributed by atoms with Gasteiger partial charge in [-0.2, -0.15) is 0 Å². The van der Waals surface area contributed by atoms with Gasteiger partial charge in [-0.05, 0) is 45.3 Å². The minimum absolute atomic E-state index is 0.160. The third kappa shape index (κ3) is 6.74. The molecular weight excluding hydrogens is 468 g/mol. The van der Waals surface area contributed by atoms with E-state index in [1.807, 2.05) is 48.5 Å². The van der Waals surface area contributed by atoms with Crippen molar-refractivity contribution in [3.05, 3.63) is 65.7 Å².